The number of Topliss-reactive ketones (excluding diaryl/α,β-unsaturated/α-hetero) is 1. The minimum atomic E-state index is -0.869. The van der Waals surface area contributed by atoms with Gasteiger partial charge >= 0.3 is 5.76 Å². The first-order valence-corrected chi connectivity index (χ1v) is 10.6. The summed E-state index contributed by atoms with van der Waals surface area (Å²) >= 11 is 0. The molecule has 0 radical (unpaired) electrons. The highest BCUT2D eigenvalue weighted by atomic mass is 16.4. The molecule has 9 nitrogen and oxygen atoms in total. The van der Waals surface area contributed by atoms with Gasteiger partial charge in [0.05, 0.1) is 12.0 Å². The van der Waals surface area contributed by atoms with Crippen molar-refractivity contribution >= 4 is 17.6 Å². The highest BCUT2D eigenvalue weighted by Crippen LogP contribution is 2.25. The van der Waals surface area contributed by atoms with Crippen molar-refractivity contribution in [2.45, 2.75) is 58.0 Å². The molecule has 3 atom stereocenters. The number of aromatic amines is 1. The topological polar surface area (TPSA) is 134 Å². The van der Waals surface area contributed by atoms with Crippen LogP contribution in [-0.2, 0) is 4.79 Å². The van der Waals surface area contributed by atoms with Gasteiger partial charge in [-0.2, -0.15) is 0 Å². The van der Waals surface area contributed by atoms with Gasteiger partial charge in [0.1, 0.15) is 0 Å². The lowest BCUT2D eigenvalue weighted by Crippen LogP contribution is -2.52. The van der Waals surface area contributed by atoms with Gasteiger partial charge in [-0.1, -0.05) is 44.9 Å². The molecule has 0 bridgehead atoms. The number of benzene rings is 1. The zero-order chi connectivity index (χ0) is 22.4. The van der Waals surface area contributed by atoms with Gasteiger partial charge in [0.15, 0.2) is 0 Å². The Labute approximate surface area is 180 Å². The summed E-state index contributed by atoms with van der Waals surface area (Å²) in [6.07, 6.45) is 3.46. The molecule has 2 aromatic rings. The molecule has 1 aromatic heterocycles. The van der Waals surface area contributed by atoms with Crippen LogP contribution in [0.25, 0.3) is 0 Å². The number of ketones is 1. The third kappa shape index (κ3) is 5.90. The van der Waals surface area contributed by atoms with E-state index in [9.17, 15) is 19.2 Å². The average molecular weight is 428 g/mol. The number of amides is 2. The Balaban J connectivity index is 1.71. The van der Waals surface area contributed by atoms with Crippen molar-refractivity contribution in [1.82, 2.24) is 20.8 Å². The van der Waals surface area contributed by atoms with Crippen LogP contribution in [0.1, 0.15) is 67.0 Å². The Kier molecular flexibility index (Phi) is 7.38. The minimum absolute atomic E-state index is 0.111. The summed E-state index contributed by atoms with van der Waals surface area (Å²) in [4.78, 5) is 49.7. The molecule has 1 heterocycles. The van der Waals surface area contributed by atoms with E-state index in [0.29, 0.717) is 24.8 Å². The Hall–Kier alpha value is -3.23. The van der Waals surface area contributed by atoms with Crippen molar-refractivity contribution in [3.63, 3.8) is 0 Å². The van der Waals surface area contributed by atoms with Gasteiger partial charge in [-0.05, 0) is 37.3 Å². The highest BCUT2D eigenvalue weighted by Gasteiger charge is 2.35. The monoisotopic (exact) mass is 428 g/mol. The number of aromatic nitrogens is 2. The third-order valence-corrected chi connectivity index (χ3v) is 5.44. The van der Waals surface area contributed by atoms with Gasteiger partial charge in [0, 0.05) is 11.6 Å². The first-order valence-electron chi connectivity index (χ1n) is 10.6. The predicted molar refractivity (Wildman–Crippen MR) is 112 cm³/mol. The van der Waals surface area contributed by atoms with E-state index >= 15 is 0 Å². The zero-order valence-corrected chi connectivity index (χ0v) is 17.7. The lowest BCUT2D eigenvalue weighted by atomic mass is 9.83. The summed E-state index contributed by atoms with van der Waals surface area (Å²) in [5, 5.41) is 11.5. The fourth-order valence-corrected chi connectivity index (χ4v) is 3.92. The normalized spacial score (nSPS) is 19.6. The minimum Gasteiger partial charge on any atom is -0.384 e. The van der Waals surface area contributed by atoms with E-state index in [1.165, 1.54) is 0 Å². The maximum absolute atomic E-state index is 13.1. The molecule has 1 aliphatic carbocycles. The molecule has 1 fully saturated rings. The predicted octanol–water partition coefficient (Wildman–Crippen LogP) is 2.07. The van der Waals surface area contributed by atoms with Crippen molar-refractivity contribution in [1.29, 1.82) is 0 Å². The van der Waals surface area contributed by atoms with Gasteiger partial charge in [-0.25, -0.2) is 9.89 Å². The molecule has 3 rings (SSSR count). The molecular formula is C22H28N4O5. The largest absolute Gasteiger partial charge is 0.434 e. The second-order valence-corrected chi connectivity index (χ2v) is 8.31. The standard InChI is InChI=1S/C22H28N4O5/c1-13(2)12-17(18(27)21-25-26-22(30)31-21)24-20(29)15-10-6-7-11-16(15)23-19(28)14-8-4-3-5-9-14/h3-5,8-9,13,15-17H,6-7,10-12H2,1-2H3,(H,23,28)(H,24,29)(H,26,30)/t15-,16+,17+/m1/s1. The molecule has 1 aromatic carbocycles. The van der Waals surface area contributed by atoms with Crippen molar-refractivity contribution in [3.05, 3.63) is 52.3 Å². The number of nitrogens with one attached hydrogen (secondary N) is 3. The highest BCUT2D eigenvalue weighted by molar-refractivity contribution is 5.99. The van der Waals surface area contributed by atoms with Crippen molar-refractivity contribution < 1.29 is 18.8 Å². The van der Waals surface area contributed by atoms with Crippen LogP contribution in [0.4, 0.5) is 0 Å². The Morgan fingerprint density at radius 2 is 1.87 bits per heavy atom. The lowest BCUT2D eigenvalue weighted by Gasteiger charge is -2.32. The summed E-state index contributed by atoms with van der Waals surface area (Å²) in [7, 11) is 0. The summed E-state index contributed by atoms with van der Waals surface area (Å²) < 4.78 is 4.78. The van der Waals surface area contributed by atoms with Crippen molar-refractivity contribution in [2.24, 2.45) is 11.8 Å². The maximum atomic E-state index is 13.1. The van der Waals surface area contributed by atoms with E-state index < -0.39 is 23.5 Å². The Morgan fingerprint density at radius 3 is 2.52 bits per heavy atom. The molecule has 1 aliphatic rings. The van der Waals surface area contributed by atoms with Crippen LogP contribution >= 0.6 is 0 Å². The second kappa shape index (κ2) is 10.2. The van der Waals surface area contributed by atoms with Gasteiger partial charge in [-0.15, -0.1) is 5.10 Å². The van der Waals surface area contributed by atoms with E-state index in [1.54, 1.807) is 24.3 Å². The van der Waals surface area contributed by atoms with Crippen LogP contribution in [0.5, 0.6) is 0 Å². The fourth-order valence-electron chi connectivity index (χ4n) is 3.92. The van der Waals surface area contributed by atoms with Crippen LogP contribution in [-0.4, -0.2) is 39.9 Å². The van der Waals surface area contributed by atoms with Crippen LogP contribution < -0.4 is 16.4 Å². The molecule has 0 unspecified atom stereocenters. The zero-order valence-electron chi connectivity index (χ0n) is 17.7. The number of hydrogen-bond donors (Lipinski definition) is 3. The molecule has 0 aliphatic heterocycles. The van der Waals surface area contributed by atoms with Gasteiger partial charge in [-0.3, -0.25) is 14.4 Å². The number of carbonyl (C=O) groups excluding carboxylic acids is 3. The summed E-state index contributed by atoms with van der Waals surface area (Å²) in [6, 6.07) is 7.67. The van der Waals surface area contributed by atoms with Crippen LogP contribution in [0, 0.1) is 11.8 Å². The average Bonchev–Trinajstić information content (AvgIpc) is 3.19. The number of nitrogens with zero attached hydrogens (tertiary/aromatic N) is 1. The maximum Gasteiger partial charge on any atom is 0.434 e. The lowest BCUT2D eigenvalue weighted by molar-refractivity contribution is -0.127. The van der Waals surface area contributed by atoms with Gasteiger partial charge < -0.3 is 15.1 Å². The van der Waals surface area contributed by atoms with E-state index in [-0.39, 0.29) is 29.7 Å². The van der Waals surface area contributed by atoms with E-state index in [1.807, 2.05) is 19.9 Å². The SMILES string of the molecule is CC(C)C[C@H](NC(=O)[C@@H]1CCCC[C@@H]1NC(=O)c1ccccc1)C(=O)c1n[nH]c(=O)o1. The molecule has 0 saturated heterocycles. The molecule has 1 saturated carbocycles. The molecule has 9 heteroatoms. The molecule has 31 heavy (non-hydrogen) atoms. The van der Waals surface area contributed by atoms with Crippen LogP contribution in [0.3, 0.4) is 0 Å². The summed E-state index contributed by atoms with van der Waals surface area (Å²) in [5.41, 5.74) is 0.536. The summed E-state index contributed by atoms with van der Waals surface area (Å²) in [6.45, 7) is 3.85. The smallest absolute Gasteiger partial charge is 0.384 e. The van der Waals surface area contributed by atoms with Crippen LogP contribution in [0.2, 0.25) is 0 Å². The Bertz CT molecular complexity index is 966. The second-order valence-electron chi connectivity index (χ2n) is 8.31. The van der Waals surface area contributed by atoms with Crippen molar-refractivity contribution in [3.8, 4) is 0 Å². The van der Waals surface area contributed by atoms with E-state index in [0.717, 1.165) is 12.8 Å². The number of rotatable bonds is 8. The number of carbonyl (C=O) groups is 3. The van der Waals surface area contributed by atoms with Crippen molar-refractivity contribution in [2.75, 3.05) is 0 Å². The fraction of sp³-hybridized carbons (Fsp3) is 0.500. The molecule has 3 N–H and O–H groups in total. The molecular weight excluding hydrogens is 400 g/mol. The van der Waals surface area contributed by atoms with E-state index in [2.05, 4.69) is 20.8 Å². The van der Waals surface area contributed by atoms with Gasteiger partial charge in [0.25, 0.3) is 11.8 Å². The number of H-pyrrole nitrogens is 1. The third-order valence-electron chi connectivity index (χ3n) is 5.44. The molecule has 2 amide bonds. The van der Waals surface area contributed by atoms with Gasteiger partial charge in [0.2, 0.25) is 11.7 Å². The first-order chi connectivity index (χ1) is 14.8. The molecule has 0 spiro atoms. The summed E-state index contributed by atoms with van der Waals surface area (Å²) in [5.74, 6) is -2.59. The molecule has 166 valence electrons. The first kappa shape index (κ1) is 22.5. The Morgan fingerprint density at radius 1 is 1.16 bits per heavy atom. The van der Waals surface area contributed by atoms with E-state index in [4.69, 9.17) is 4.42 Å². The number of hydrogen-bond acceptors (Lipinski definition) is 6. The quantitative estimate of drug-likeness (QED) is 0.551. The van der Waals surface area contributed by atoms with Crippen LogP contribution in [0.15, 0.2) is 39.5 Å².